The molecule has 0 fully saturated rings. The van der Waals surface area contributed by atoms with Crippen LogP contribution in [0.2, 0.25) is 0 Å². The van der Waals surface area contributed by atoms with Gasteiger partial charge in [-0.25, -0.2) is 0 Å². The van der Waals surface area contributed by atoms with Crippen LogP contribution in [0.25, 0.3) is 0 Å². The van der Waals surface area contributed by atoms with E-state index in [1.54, 1.807) is 4.68 Å². The summed E-state index contributed by atoms with van der Waals surface area (Å²) in [6, 6.07) is -0.123. The zero-order valence-corrected chi connectivity index (χ0v) is 11.1. The fourth-order valence-electron chi connectivity index (χ4n) is 1.57. The maximum absolute atomic E-state index is 11.8. The first-order valence-corrected chi connectivity index (χ1v) is 6.00. The van der Waals surface area contributed by atoms with Crippen LogP contribution in [0.5, 0.6) is 0 Å². The minimum absolute atomic E-state index is 0.0817. The van der Waals surface area contributed by atoms with E-state index >= 15 is 0 Å². The first kappa shape index (κ1) is 13.7. The average molecular weight is 238 g/mol. The molecular formula is C12H22N4O. The SMILES string of the molecule is CCCNC(=O)C(C)N(C)Cc1cnn(C)c1. The number of carbonyl (C=O) groups is 1. The summed E-state index contributed by atoms with van der Waals surface area (Å²) in [5.41, 5.74) is 1.12. The summed E-state index contributed by atoms with van der Waals surface area (Å²) in [6.45, 7) is 5.43. The normalized spacial score (nSPS) is 12.8. The summed E-state index contributed by atoms with van der Waals surface area (Å²) in [6.07, 6.45) is 4.76. The van der Waals surface area contributed by atoms with Crippen LogP contribution in [0, 0.1) is 0 Å². The Bertz CT molecular complexity index is 361. The van der Waals surface area contributed by atoms with Crippen molar-refractivity contribution >= 4 is 5.91 Å². The summed E-state index contributed by atoms with van der Waals surface area (Å²) in [4.78, 5) is 13.8. The maximum Gasteiger partial charge on any atom is 0.237 e. The van der Waals surface area contributed by atoms with Crippen LogP contribution in [0.4, 0.5) is 0 Å². The van der Waals surface area contributed by atoms with E-state index in [4.69, 9.17) is 0 Å². The van der Waals surface area contributed by atoms with E-state index in [9.17, 15) is 4.79 Å². The first-order valence-electron chi connectivity index (χ1n) is 6.00. The molecule has 1 N–H and O–H groups in total. The molecule has 5 heteroatoms. The summed E-state index contributed by atoms with van der Waals surface area (Å²) >= 11 is 0. The molecule has 1 aromatic heterocycles. The minimum Gasteiger partial charge on any atom is -0.355 e. The van der Waals surface area contributed by atoms with Crippen LogP contribution in [0.1, 0.15) is 25.8 Å². The summed E-state index contributed by atoms with van der Waals surface area (Å²) < 4.78 is 1.77. The van der Waals surface area contributed by atoms with Crippen molar-refractivity contribution in [2.75, 3.05) is 13.6 Å². The van der Waals surface area contributed by atoms with Crippen LogP contribution >= 0.6 is 0 Å². The maximum atomic E-state index is 11.8. The molecular weight excluding hydrogens is 216 g/mol. The molecule has 1 rings (SSSR count). The van der Waals surface area contributed by atoms with Crippen molar-refractivity contribution in [2.45, 2.75) is 32.9 Å². The van der Waals surface area contributed by atoms with Crippen molar-refractivity contribution in [1.29, 1.82) is 0 Å². The van der Waals surface area contributed by atoms with Gasteiger partial charge in [0, 0.05) is 31.9 Å². The molecule has 0 aliphatic heterocycles. The fourth-order valence-corrected chi connectivity index (χ4v) is 1.57. The molecule has 0 saturated carbocycles. The van der Waals surface area contributed by atoms with Gasteiger partial charge in [-0.15, -0.1) is 0 Å². The molecule has 0 radical (unpaired) electrons. The lowest BCUT2D eigenvalue weighted by Gasteiger charge is -2.23. The van der Waals surface area contributed by atoms with E-state index in [-0.39, 0.29) is 11.9 Å². The number of aromatic nitrogens is 2. The molecule has 1 unspecified atom stereocenters. The second-order valence-corrected chi connectivity index (χ2v) is 4.40. The zero-order valence-electron chi connectivity index (χ0n) is 11.1. The Kier molecular flexibility index (Phi) is 5.15. The fraction of sp³-hybridized carbons (Fsp3) is 0.667. The summed E-state index contributed by atoms with van der Waals surface area (Å²) in [5, 5.41) is 7.02. The van der Waals surface area contributed by atoms with E-state index < -0.39 is 0 Å². The first-order chi connectivity index (χ1) is 8.04. The third kappa shape index (κ3) is 4.19. The van der Waals surface area contributed by atoms with Crippen LogP contribution < -0.4 is 5.32 Å². The highest BCUT2D eigenvalue weighted by Gasteiger charge is 2.17. The number of hydrogen-bond acceptors (Lipinski definition) is 3. The van der Waals surface area contributed by atoms with Crippen molar-refractivity contribution in [3.8, 4) is 0 Å². The molecule has 0 aliphatic carbocycles. The Labute approximate surface area is 103 Å². The molecule has 0 aliphatic rings. The van der Waals surface area contributed by atoms with E-state index in [0.717, 1.165) is 25.1 Å². The average Bonchev–Trinajstić information content (AvgIpc) is 2.70. The van der Waals surface area contributed by atoms with Gasteiger partial charge in [-0.1, -0.05) is 6.92 Å². The predicted octanol–water partition coefficient (Wildman–Crippen LogP) is 0.767. The molecule has 1 atom stereocenters. The van der Waals surface area contributed by atoms with Crippen molar-refractivity contribution < 1.29 is 4.79 Å². The van der Waals surface area contributed by atoms with Crippen LogP contribution in [-0.4, -0.2) is 40.2 Å². The molecule has 0 aromatic carbocycles. The molecule has 5 nitrogen and oxygen atoms in total. The van der Waals surface area contributed by atoms with Gasteiger partial charge >= 0.3 is 0 Å². The van der Waals surface area contributed by atoms with Gasteiger partial charge in [0.2, 0.25) is 5.91 Å². The van der Waals surface area contributed by atoms with E-state index in [2.05, 4.69) is 10.4 Å². The standard InChI is InChI=1S/C12H22N4O/c1-5-6-13-12(17)10(2)15(3)8-11-7-14-16(4)9-11/h7,9-10H,5-6,8H2,1-4H3,(H,13,17). The third-order valence-electron chi connectivity index (χ3n) is 2.78. The Hall–Kier alpha value is -1.36. The number of hydrogen-bond donors (Lipinski definition) is 1. The number of amides is 1. The summed E-state index contributed by atoms with van der Waals surface area (Å²) in [5.74, 6) is 0.0817. The molecule has 1 amide bonds. The van der Waals surface area contributed by atoms with Crippen LogP contribution in [0.3, 0.4) is 0 Å². The number of rotatable bonds is 6. The van der Waals surface area contributed by atoms with E-state index in [1.165, 1.54) is 0 Å². The van der Waals surface area contributed by atoms with Crippen LogP contribution in [-0.2, 0) is 18.4 Å². The molecule has 96 valence electrons. The second kappa shape index (κ2) is 6.39. The van der Waals surface area contributed by atoms with Gasteiger partial charge in [-0.3, -0.25) is 14.4 Å². The second-order valence-electron chi connectivity index (χ2n) is 4.40. The predicted molar refractivity (Wildman–Crippen MR) is 67.4 cm³/mol. The lowest BCUT2D eigenvalue weighted by molar-refractivity contribution is -0.125. The third-order valence-corrected chi connectivity index (χ3v) is 2.78. The van der Waals surface area contributed by atoms with Gasteiger partial charge in [0.05, 0.1) is 12.2 Å². The Morgan fingerprint density at radius 1 is 1.65 bits per heavy atom. The Morgan fingerprint density at radius 2 is 2.35 bits per heavy atom. The molecule has 0 bridgehead atoms. The number of likely N-dealkylation sites (N-methyl/N-ethyl adjacent to an activating group) is 1. The molecule has 1 aromatic rings. The number of carbonyl (C=O) groups excluding carboxylic acids is 1. The topological polar surface area (TPSA) is 50.2 Å². The smallest absolute Gasteiger partial charge is 0.237 e. The quantitative estimate of drug-likeness (QED) is 0.796. The molecule has 17 heavy (non-hydrogen) atoms. The van der Waals surface area contributed by atoms with Gasteiger partial charge in [0.15, 0.2) is 0 Å². The van der Waals surface area contributed by atoms with Crippen molar-refractivity contribution in [3.05, 3.63) is 18.0 Å². The number of nitrogens with zero attached hydrogens (tertiary/aromatic N) is 3. The molecule has 0 spiro atoms. The highest BCUT2D eigenvalue weighted by Crippen LogP contribution is 2.05. The van der Waals surface area contributed by atoms with Gasteiger partial charge in [-0.05, 0) is 20.4 Å². The highest BCUT2D eigenvalue weighted by molar-refractivity contribution is 5.81. The molecule has 0 saturated heterocycles. The van der Waals surface area contributed by atoms with Crippen LogP contribution in [0.15, 0.2) is 12.4 Å². The minimum atomic E-state index is -0.123. The lowest BCUT2D eigenvalue weighted by Crippen LogP contribution is -2.43. The highest BCUT2D eigenvalue weighted by atomic mass is 16.2. The lowest BCUT2D eigenvalue weighted by atomic mass is 10.2. The van der Waals surface area contributed by atoms with Gasteiger partial charge in [-0.2, -0.15) is 5.10 Å². The number of aryl methyl sites for hydroxylation is 1. The molecule has 1 heterocycles. The van der Waals surface area contributed by atoms with Gasteiger partial charge in [0.25, 0.3) is 0 Å². The van der Waals surface area contributed by atoms with Gasteiger partial charge in [0.1, 0.15) is 0 Å². The monoisotopic (exact) mass is 238 g/mol. The Morgan fingerprint density at radius 3 is 2.88 bits per heavy atom. The number of nitrogens with one attached hydrogen (secondary N) is 1. The largest absolute Gasteiger partial charge is 0.355 e. The summed E-state index contributed by atoms with van der Waals surface area (Å²) in [7, 11) is 3.84. The van der Waals surface area contributed by atoms with E-state index in [1.807, 2.05) is 45.2 Å². The van der Waals surface area contributed by atoms with Crippen molar-refractivity contribution in [3.63, 3.8) is 0 Å². The van der Waals surface area contributed by atoms with Crippen molar-refractivity contribution in [2.24, 2.45) is 7.05 Å². The van der Waals surface area contributed by atoms with E-state index in [0.29, 0.717) is 0 Å². The Balaban J connectivity index is 2.46. The van der Waals surface area contributed by atoms with Gasteiger partial charge < -0.3 is 5.32 Å². The zero-order chi connectivity index (χ0) is 12.8. The van der Waals surface area contributed by atoms with Crippen molar-refractivity contribution in [1.82, 2.24) is 20.0 Å².